The molecule has 1 atom stereocenters. The minimum absolute atomic E-state index is 0.137. The number of nitrogens with zero attached hydrogens (tertiary/aromatic N) is 3. The molecule has 0 saturated heterocycles. The van der Waals surface area contributed by atoms with Crippen molar-refractivity contribution < 1.29 is 24.1 Å². The van der Waals surface area contributed by atoms with E-state index in [0.29, 0.717) is 0 Å². The lowest BCUT2D eigenvalue weighted by Gasteiger charge is -2.02. The number of ether oxygens (including phenoxy) is 2. The molecule has 0 saturated carbocycles. The summed E-state index contributed by atoms with van der Waals surface area (Å²) >= 11 is 0. The van der Waals surface area contributed by atoms with Gasteiger partial charge in [-0.15, -0.1) is 0 Å². The van der Waals surface area contributed by atoms with Crippen LogP contribution in [0.1, 0.15) is 5.56 Å². The Hall–Kier alpha value is -3.04. The van der Waals surface area contributed by atoms with E-state index in [9.17, 15) is 25.0 Å². The number of non-ortho nitro benzene ring substituents is 1. The van der Waals surface area contributed by atoms with Gasteiger partial charge < -0.3 is 9.47 Å². The first kappa shape index (κ1) is 14.4. The summed E-state index contributed by atoms with van der Waals surface area (Å²) in [7, 11) is 1.17. The number of carbonyl (C=O) groups is 1. The Morgan fingerprint density at radius 2 is 2.10 bits per heavy atom. The van der Waals surface area contributed by atoms with Crippen molar-refractivity contribution in [2.45, 2.75) is 6.04 Å². The van der Waals surface area contributed by atoms with Gasteiger partial charge >= 0.3 is 5.97 Å². The van der Waals surface area contributed by atoms with Crippen molar-refractivity contribution in [3.05, 3.63) is 44.0 Å². The van der Waals surface area contributed by atoms with Gasteiger partial charge in [0.2, 0.25) is 5.90 Å². The molecule has 1 aliphatic rings. The van der Waals surface area contributed by atoms with E-state index in [4.69, 9.17) is 4.74 Å². The molecule has 0 N–H and O–H groups in total. The second kappa shape index (κ2) is 5.53. The molecule has 0 unspecified atom stereocenters. The fourth-order valence-corrected chi connectivity index (χ4v) is 1.75. The molecule has 10 heteroatoms. The van der Waals surface area contributed by atoms with E-state index in [0.717, 1.165) is 18.2 Å². The van der Waals surface area contributed by atoms with Crippen molar-refractivity contribution in [2.24, 2.45) is 4.99 Å². The van der Waals surface area contributed by atoms with E-state index >= 15 is 0 Å². The Morgan fingerprint density at radius 1 is 1.38 bits per heavy atom. The predicted molar refractivity (Wildman–Crippen MR) is 68.0 cm³/mol. The van der Waals surface area contributed by atoms with Crippen LogP contribution < -0.4 is 0 Å². The highest BCUT2D eigenvalue weighted by molar-refractivity contribution is 6.01. The summed E-state index contributed by atoms with van der Waals surface area (Å²) in [5, 5.41) is 21.7. The molecule has 0 fully saturated rings. The molecule has 0 aliphatic carbocycles. The minimum atomic E-state index is -0.941. The number of benzene rings is 1. The number of nitro benzene ring substituents is 2. The highest BCUT2D eigenvalue weighted by Crippen LogP contribution is 2.27. The number of esters is 1. The summed E-state index contributed by atoms with van der Waals surface area (Å²) < 4.78 is 9.61. The number of rotatable bonds is 4. The molecule has 0 bridgehead atoms. The minimum Gasteiger partial charge on any atom is -0.474 e. The van der Waals surface area contributed by atoms with Gasteiger partial charge in [-0.1, -0.05) is 0 Å². The standard InChI is InChI=1S/C11H9N3O7/c1-20-11(15)8-5-21-10(12-8)7-4-6(13(16)17)2-3-9(7)14(18)19/h2-4,8H,5H2,1H3/t8-/m0/s1. The zero-order valence-corrected chi connectivity index (χ0v) is 10.7. The first-order chi connectivity index (χ1) is 9.93. The van der Waals surface area contributed by atoms with Crippen LogP contribution in [-0.4, -0.2) is 41.5 Å². The second-order valence-corrected chi connectivity index (χ2v) is 4.00. The summed E-state index contributed by atoms with van der Waals surface area (Å²) in [6.45, 7) is -0.137. The van der Waals surface area contributed by atoms with Crippen molar-refractivity contribution in [1.82, 2.24) is 0 Å². The molecule has 10 nitrogen and oxygen atoms in total. The number of hydrogen-bond acceptors (Lipinski definition) is 8. The molecule has 1 aliphatic heterocycles. The van der Waals surface area contributed by atoms with Crippen LogP contribution in [0.3, 0.4) is 0 Å². The summed E-state index contributed by atoms with van der Waals surface area (Å²) in [6, 6.07) is 2.04. The van der Waals surface area contributed by atoms with E-state index in [1.807, 2.05) is 0 Å². The van der Waals surface area contributed by atoms with Gasteiger partial charge in [-0.05, 0) is 0 Å². The Balaban J connectivity index is 2.47. The monoisotopic (exact) mass is 295 g/mol. The van der Waals surface area contributed by atoms with E-state index < -0.39 is 27.5 Å². The molecule has 0 spiro atoms. The van der Waals surface area contributed by atoms with Gasteiger partial charge in [0.15, 0.2) is 6.04 Å². The maximum absolute atomic E-state index is 11.3. The zero-order chi connectivity index (χ0) is 15.6. The Bertz CT molecular complexity index is 655. The molecule has 1 aromatic rings. The summed E-state index contributed by atoms with van der Waals surface area (Å²) in [6.07, 6.45) is 0. The van der Waals surface area contributed by atoms with Gasteiger partial charge in [0.25, 0.3) is 11.4 Å². The molecule has 110 valence electrons. The molecule has 0 radical (unpaired) electrons. The summed E-state index contributed by atoms with van der Waals surface area (Å²) in [5.74, 6) is -0.848. The molecule has 21 heavy (non-hydrogen) atoms. The number of aliphatic imine (C=N–C) groups is 1. The van der Waals surface area contributed by atoms with Crippen molar-refractivity contribution in [2.75, 3.05) is 13.7 Å². The van der Waals surface area contributed by atoms with Crippen molar-refractivity contribution in [3.8, 4) is 0 Å². The number of hydrogen-bond donors (Lipinski definition) is 0. The van der Waals surface area contributed by atoms with Gasteiger partial charge in [0.05, 0.1) is 17.0 Å². The van der Waals surface area contributed by atoms with E-state index in [1.54, 1.807) is 0 Å². The van der Waals surface area contributed by atoms with Crippen LogP contribution in [0, 0.1) is 20.2 Å². The third kappa shape index (κ3) is 2.78. The highest BCUT2D eigenvalue weighted by Gasteiger charge is 2.32. The average molecular weight is 295 g/mol. The fourth-order valence-electron chi connectivity index (χ4n) is 1.75. The van der Waals surface area contributed by atoms with Crippen LogP contribution in [0.15, 0.2) is 23.2 Å². The topological polar surface area (TPSA) is 134 Å². The SMILES string of the molecule is COC(=O)[C@@H]1COC(c2cc([N+](=O)[O-])ccc2[N+](=O)[O-])=N1. The average Bonchev–Trinajstić information content (AvgIpc) is 2.95. The van der Waals surface area contributed by atoms with Crippen molar-refractivity contribution in [3.63, 3.8) is 0 Å². The van der Waals surface area contributed by atoms with E-state index in [1.165, 1.54) is 7.11 Å². The lowest BCUT2D eigenvalue weighted by Crippen LogP contribution is -2.21. The number of carbonyl (C=O) groups excluding carboxylic acids is 1. The molecular weight excluding hydrogens is 286 g/mol. The maximum atomic E-state index is 11.3. The smallest absolute Gasteiger partial charge is 0.334 e. The largest absolute Gasteiger partial charge is 0.474 e. The Labute approximate surface area is 117 Å². The molecule has 0 amide bonds. The van der Waals surface area contributed by atoms with Crippen molar-refractivity contribution in [1.29, 1.82) is 0 Å². The zero-order valence-electron chi connectivity index (χ0n) is 10.7. The van der Waals surface area contributed by atoms with Crippen molar-refractivity contribution >= 4 is 23.2 Å². The number of methoxy groups -OCH3 is 1. The van der Waals surface area contributed by atoms with Crippen LogP contribution in [-0.2, 0) is 14.3 Å². The lowest BCUT2D eigenvalue weighted by molar-refractivity contribution is -0.389. The third-order valence-electron chi connectivity index (χ3n) is 2.74. The van der Waals surface area contributed by atoms with Crippen LogP contribution in [0.25, 0.3) is 0 Å². The first-order valence-electron chi connectivity index (χ1n) is 5.65. The number of nitro groups is 2. The normalized spacial score (nSPS) is 16.8. The predicted octanol–water partition coefficient (Wildman–Crippen LogP) is 0.821. The second-order valence-electron chi connectivity index (χ2n) is 4.00. The molecular formula is C11H9N3O7. The van der Waals surface area contributed by atoms with Gasteiger partial charge in [0, 0.05) is 18.2 Å². The fraction of sp³-hybridized carbons (Fsp3) is 0.273. The van der Waals surface area contributed by atoms with Gasteiger partial charge in [-0.2, -0.15) is 0 Å². The van der Waals surface area contributed by atoms with Crippen LogP contribution in [0.5, 0.6) is 0 Å². The quantitative estimate of drug-likeness (QED) is 0.456. The third-order valence-corrected chi connectivity index (χ3v) is 2.74. The molecule has 0 aromatic heterocycles. The lowest BCUT2D eigenvalue weighted by atomic mass is 10.1. The van der Waals surface area contributed by atoms with Gasteiger partial charge in [-0.3, -0.25) is 20.2 Å². The highest BCUT2D eigenvalue weighted by atomic mass is 16.6. The Kier molecular flexibility index (Phi) is 3.78. The van der Waals surface area contributed by atoms with Crippen LogP contribution in [0.2, 0.25) is 0 Å². The molecule has 1 aromatic carbocycles. The van der Waals surface area contributed by atoms with E-state index in [2.05, 4.69) is 9.73 Å². The summed E-state index contributed by atoms with van der Waals surface area (Å²) in [4.78, 5) is 35.5. The summed E-state index contributed by atoms with van der Waals surface area (Å²) in [5.41, 5.74) is -0.895. The van der Waals surface area contributed by atoms with Gasteiger partial charge in [0.1, 0.15) is 12.2 Å². The van der Waals surface area contributed by atoms with Gasteiger partial charge in [-0.25, -0.2) is 9.79 Å². The maximum Gasteiger partial charge on any atom is 0.334 e. The first-order valence-corrected chi connectivity index (χ1v) is 5.65. The Morgan fingerprint density at radius 3 is 2.67 bits per heavy atom. The molecule has 2 rings (SSSR count). The van der Waals surface area contributed by atoms with Crippen LogP contribution in [0.4, 0.5) is 11.4 Å². The van der Waals surface area contributed by atoms with Crippen LogP contribution >= 0.6 is 0 Å². The van der Waals surface area contributed by atoms with E-state index in [-0.39, 0.29) is 23.8 Å². The molecule has 1 heterocycles.